The second-order valence-electron chi connectivity index (χ2n) is 7.42. The monoisotopic (exact) mass is 400 g/mol. The highest BCUT2D eigenvalue weighted by Crippen LogP contribution is 2.25. The molecule has 0 aliphatic carbocycles. The topological polar surface area (TPSA) is 79.6 Å². The highest BCUT2D eigenvalue weighted by atomic mass is 19.1. The van der Waals surface area contributed by atoms with Gasteiger partial charge >= 0.3 is 0 Å². The van der Waals surface area contributed by atoms with Gasteiger partial charge in [0.2, 0.25) is 0 Å². The number of nitro groups is 1. The van der Waals surface area contributed by atoms with E-state index in [-0.39, 0.29) is 28.8 Å². The first-order valence-corrected chi connectivity index (χ1v) is 9.70. The zero-order valence-corrected chi connectivity index (χ0v) is 16.7. The summed E-state index contributed by atoms with van der Waals surface area (Å²) in [5, 5.41) is 11.1. The number of nitrogens with zero attached hydrogens (tertiary/aromatic N) is 4. The number of likely N-dealkylation sites (tertiary alicyclic amines) is 1. The van der Waals surface area contributed by atoms with Crippen LogP contribution in [0.3, 0.4) is 0 Å². The molecular weight excluding hydrogens is 375 g/mol. The first-order valence-electron chi connectivity index (χ1n) is 9.70. The van der Waals surface area contributed by atoms with Crippen molar-refractivity contribution >= 4 is 11.6 Å². The fourth-order valence-corrected chi connectivity index (χ4v) is 3.70. The van der Waals surface area contributed by atoms with Crippen molar-refractivity contribution in [2.24, 2.45) is 0 Å². The van der Waals surface area contributed by atoms with Crippen molar-refractivity contribution in [2.45, 2.75) is 32.2 Å². The summed E-state index contributed by atoms with van der Waals surface area (Å²) in [6, 6.07) is 8.17. The molecule has 0 spiro atoms. The molecule has 0 bridgehead atoms. The second kappa shape index (κ2) is 9.09. The van der Waals surface area contributed by atoms with Gasteiger partial charge in [-0.05, 0) is 38.0 Å². The van der Waals surface area contributed by atoms with Gasteiger partial charge in [-0.3, -0.25) is 19.9 Å². The van der Waals surface area contributed by atoms with Crippen molar-refractivity contribution in [1.82, 2.24) is 14.8 Å². The molecule has 0 unspecified atom stereocenters. The normalized spacial score (nSPS) is 15.3. The van der Waals surface area contributed by atoms with Crippen LogP contribution in [0.2, 0.25) is 0 Å². The van der Waals surface area contributed by atoms with E-state index in [1.165, 1.54) is 13.0 Å². The standard InChI is InChI=1S/C21H25FN4O3/c1-15-19(22)13-16(14-20(15)26(28)29)21(27)24(2)18-7-11-25(12-8-18)10-6-17-5-3-4-9-23-17/h3-5,9,13-14,18H,6-8,10-12H2,1-2H3. The van der Waals surface area contributed by atoms with E-state index in [0.717, 1.165) is 50.7 Å². The molecule has 0 N–H and O–H groups in total. The molecule has 0 atom stereocenters. The molecule has 2 heterocycles. The summed E-state index contributed by atoms with van der Waals surface area (Å²) < 4.78 is 14.1. The van der Waals surface area contributed by atoms with Gasteiger partial charge in [0.15, 0.2) is 0 Å². The summed E-state index contributed by atoms with van der Waals surface area (Å²) in [6.07, 6.45) is 4.29. The van der Waals surface area contributed by atoms with Crippen LogP contribution in [0.4, 0.5) is 10.1 Å². The number of pyridine rings is 1. The highest BCUT2D eigenvalue weighted by Gasteiger charge is 2.28. The molecule has 7 nitrogen and oxygen atoms in total. The van der Waals surface area contributed by atoms with Crippen molar-refractivity contribution in [1.29, 1.82) is 0 Å². The fraction of sp³-hybridized carbons (Fsp3) is 0.429. The van der Waals surface area contributed by atoms with Gasteiger partial charge in [0.05, 0.1) is 10.5 Å². The van der Waals surface area contributed by atoms with Crippen molar-refractivity contribution in [3.63, 3.8) is 0 Å². The van der Waals surface area contributed by atoms with Crippen LogP contribution in [0.1, 0.15) is 34.5 Å². The number of carbonyl (C=O) groups is 1. The average molecular weight is 400 g/mol. The minimum absolute atomic E-state index is 0.0138. The van der Waals surface area contributed by atoms with Gasteiger partial charge in [0.1, 0.15) is 5.82 Å². The van der Waals surface area contributed by atoms with E-state index in [9.17, 15) is 19.3 Å². The van der Waals surface area contributed by atoms with Gasteiger partial charge in [-0.25, -0.2) is 4.39 Å². The van der Waals surface area contributed by atoms with Gasteiger partial charge in [0.25, 0.3) is 11.6 Å². The van der Waals surface area contributed by atoms with Gasteiger partial charge in [0, 0.05) is 62.7 Å². The molecule has 154 valence electrons. The Kier molecular flexibility index (Phi) is 6.53. The molecule has 1 fully saturated rings. The number of carbonyl (C=O) groups excluding carboxylic acids is 1. The number of aromatic nitrogens is 1. The number of amides is 1. The van der Waals surface area contributed by atoms with E-state index in [4.69, 9.17) is 0 Å². The number of piperidine rings is 1. The van der Waals surface area contributed by atoms with Gasteiger partial charge in [-0.2, -0.15) is 0 Å². The van der Waals surface area contributed by atoms with Gasteiger partial charge < -0.3 is 9.80 Å². The molecule has 2 aromatic rings. The van der Waals surface area contributed by atoms with E-state index in [0.29, 0.717) is 0 Å². The van der Waals surface area contributed by atoms with E-state index in [1.54, 1.807) is 18.1 Å². The van der Waals surface area contributed by atoms with E-state index in [1.807, 2.05) is 18.2 Å². The predicted molar refractivity (Wildman–Crippen MR) is 107 cm³/mol. The largest absolute Gasteiger partial charge is 0.339 e. The van der Waals surface area contributed by atoms with E-state index in [2.05, 4.69) is 9.88 Å². The Labute approximate surface area is 169 Å². The molecule has 1 aliphatic rings. The summed E-state index contributed by atoms with van der Waals surface area (Å²) in [4.78, 5) is 31.5. The Balaban J connectivity index is 1.58. The molecule has 0 radical (unpaired) electrons. The number of rotatable bonds is 6. The molecule has 29 heavy (non-hydrogen) atoms. The molecule has 8 heteroatoms. The van der Waals surface area contributed by atoms with Crippen LogP contribution < -0.4 is 0 Å². The molecule has 3 rings (SSSR count). The van der Waals surface area contributed by atoms with Crippen LogP contribution in [0.15, 0.2) is 36.5 Å². The van der Waals surface area contributed by atoms with Crippen LogP contribution >= 0.6 is 0 Å². The molecule has 1 aromatic carbocycles. The lowest BCUT2D eigenvalue weighted by Gasteiger charge is -2.36. The third-order valence-electron chi connectivity index (χ3n) is 5.60. The van der Waals surface area contributed by atoms with Crippen LogP contribution in [0.25, 0.3) is 0 Å². The Morgan fingerprint density at radius 1 is 1.34 bits per heavy atom. The summed E-state index contributed by atoms with van der Waals surface area (Å²) >= 11 is 0. The first-order chi connectivity index (χ1) is 13.9. The SMILES string of the molecule is Cc1c(F)cc(C(=O)N(C)C2CCN(CCc3ccccn3)CC2)cc1[N+](=O)[O-]. The lowest BCUT2D eigenvalue weighted by Crippen LogP contribution is -2.46. The minimum atomic E-state index is -0.736. The van der Waals surface area contributed by atoms with Crippen molar-refractivity contribution in [3.8, 4) is 0 Å². The summed E-state index contributed by atoms with van der Waals surface area (Å²) in [6.45, 7) is 3.97. The molecule has 1 saturated heterocycles. The summed E-state index contributed by atoms with van der Waals surface area (Å²) in [5.74, 6) is -1.13. The van der Waals surface area contributed by atoms with Crippen LogP contribution in [-0.2, 0) is 6.42 Å². The molecule has 1 aliphatic heterocycles. The molecule has 1 aromatic heterocycles. The lowest BCUT2D eigenvalue weighted by atomic mass is 10.0. The maximum atomic E-state index is 14.1. The first kappa shape index (κ1) is 20.9. The fourth-order valence-electron chi connectivity index (χ4n) is 3.70. The Morgan fingerprint density at radius 2 is 2.07 bits per heavy atom. The maximum Gasteiger partial charge on any atom is 0.276 e. The van der Waals surface area contributed by atoms with Gasteiger partial charge in [-0.15, -0.1) is 0 Å². The number of hydrogen-bond acceptors (Lipinski definition) is 5. The van der Waals surface area contributed by atoms with E-state index < -0.39 is 10.7 Å². The Hall–Kier alpha value is -2.87. The smallest absolute Gasteiger partial charge is 0.276 e. The highest BCUT2D eigenvalue weighted by molar-refractivity contribution is 5.95. The average Bonchev–Trinajstić information content (AvgIpc) is 2.74. The predicted octanol–water partition coefficient (Wildman–Crippen LogP) is 3.22. The quantitative estimate of drug-likeness (QED) is 0.549. The van der Waals surface area contributed by atoms with E-state index >= 15 is 0 Å². The number of nitro benzene ring substituents is 1. The summed E-state index contributed by atoms with van der Waals surface area (Å²) in [5.41, 5.74) is 0.645. The van der Waals surface area contributed by atoms with Crippen LogP contribution in [0, 0.1) is 22.9 Å². The third-order valence-corrected chi connectivity index (χ3v) is 5.60. The molecular formula is C21H25FN4O3. The number of halogens is 1. The van der Waals surface area contributed by atoms with Crippen LogP contribution in [-0.4, -0.2) is 58.3 Å². The zero-order valence-electron chi connectivity index (χ0n) is 16.7. The lowest BCUT2D eigenvalue weighted by molar-refractivity contribution is -0.385. The maximum absolute atomic E-state index is 14.1. The van der Waals surface area contributed by atoms with Crippen molar-refractivity contribution < 1.29 is 14.1 Å². The van der Waals surface area contributed by atoms with Crippen molar-refractivity contribution in [3.05, 3.63) is 69.3 Å². The number of benzene rings is 1. The minimum Gasteiger partial charge on any atom is -0.339 e. The third kappa shape index (κ3) is 4.95. The van der Waals surface area contributed by atoms with Crippen LogP contribution in [0.5, 0.6) is 0 Å². The van der Waals surface area contributed by atoms with Gasteiger partial charge in [-0.1, -0.05) is 6.07 Å². The second-order valence-corrected chi connectivity index (χ2v) is 7.42. The Morgan fingerprint density at radius 3 is 2.69 bits per heavy atom. The Bertz CT molecular complexity index is 883. The van der Waals surface area contributed by atoms with Crippen molar-refractivity contribution in [2.75, 3.05) is 26.7 Å². The molecule has 0 saturated carbocycles. The molecule has 1 amide bonds. The number of hydrogen-bond donors (Lipinski definition) is 0. The zero-order chi connectivity index (χ0) is 21.0. The summed E-state index contributed by atoms with van der Waals surface area (Å²) in [7, 11) is 1.68.